The van der Waals surface area contributed by atoms with Crippen molar-refractivity contribution in [2.45, 2.75) is 25.1 Å². The van der Waals surface area contributed by atoms with Crippen LogP contribution in [0.4, 0.5) is 17.6 Å². The van der Waals surface area contributed by atoms with E-state index in [0.717, 1.165) is 29.3 Å². The molecule has 2 aromatic carbocycles. The summed E-state index contributed by atoms with van der Waals surface area (Å²) in [5, 5.41) is 2.99. The maximum absolute atomic E-state index is 15.1. The van der Waals surface area contributed by atoms with Crippen LogP contribution in [0.3, 0.4) is 0 Å². The number of hydrazone groups is 1. The Bertz CT molecular complexity index is 1120. The van der Waals surface area contributed by atoms with Crippen molar-refractivity contribution >= 4 is 6.34 Å². The summed E-state index contributed by atoms with van der Waals surface area (Å²) in [5.74, 6) is 4.01. The van der Waals surface area contributed by atoms with Gasteiger partial charge in [-0.2, -0.15) is 13.9 Å². The molecule has 0 radical (unpaired) electrons. The molecule has 2 heterocycles. The van der Waals surface area contributed by atoms with E-state index in [1.807, 2.05) is 31.2 Å². The average molecular weight is 477 g/mol. The molecule has 34 heavy (non-hydrogen) atoms. The number of benzene rings is 2. The van der Waals surface area contributed by atoms with E-state index in [1.165, 1.54) is 18.6 Å². The van der Waals surface area contributed by atoms with E-state index in [9.17, 15) is 8.78 Å². The standard InChI is InChI=1S/C22H17F4NO2.CH6N4/c1-14-2-4-15(5-3-14)12-28-17-7-9-20(27-11-17)22(25,26)21(13-29-21)18-8-6-16(23)10-19(18)24;2-4-1-5-3/h2-11H,12-13H2,1H3;1H,2-3H2,(H,4,5). The van der Waals surface area contributed by atoms with Gasteiger partial charge in [-0.3, -0.25) is 4.98 Å². The van der Waals surface area contributed by atoms with E-state index in [2.05, 4.69) is 27.2 Å². The molecule has 1 aliphatic heterocycles. The lowest BCUT2D eigenvalue weighted by Gasteiger charge is -2.24. The van der Waals surface area contributed by atoms with Crippen LogP contribution in [0.15, 0.2) is 65.9 Å². The van der Waals surface area contributed by atoms with Gasteiger partial charge in [0.2, 0.25) is 0 Å². The Morgan fingerprint density at radius 3 is 2.38 bits per heavy atom. The van der Waals surface area contributed by atoms with Gasteiger partial charge in [0, 0.05) is 11.6 Å². The van der Waals surface area contributed by atoms with E-state index in [0.29, 0.717) is 11.8 Å². The van der Waals surface area contributed by atoms with Crippen LogP contribution in [0.25, 0.3) is 0 Å². The first kappa shape index (κ1) is 24.9. The van der Waals surface area contributed by atoms with Crippen molar-refractivity contribution < 1.29 is 27.0 Å². The molecule has 0 amide bonds. The number of hydrogen-bond donors (Lipinski definition) is 3. The van der Waals surface area contributed by atoms with Crippen molar-refractivity contribution in [1.29, 1.82) is 0 Å². The van der Waals surface area contributed by atoms with Crippen LogP contribution in [-0.2, 0) is 22.9 Å². The zero-order chi connectivity index (χ0) is 24.8. The van der Waals surface area contributed by atoms with Crippen LogP contribution in [-0.4, -0.2) is 17.9 Å². The number of hydrazine groups is 1. The molecular weight excluding hydrogens is 454 g/mol. The lowest BCUT2D eigenvalue weighted by Crippen LogP contribution is -2.34. The molecule has 11 heteroatoms. The van der Waals surface area contributed by atoms with Crippen molar-refractivity contribution in [3.05, 3.63) is 94.8 Å². The lowest BCUT2D eigenvalue weighted by atomic mass is 9.90. The van der Waals surface area contributed by atoms with E-state index in [4.69, 9.17) is 9.47 Å². The van der Waals surface area contributed by atoms with E-state index < -0.39 is 41.0 Å². The van der Waals surface area contributed by atoms with Crippen LogP contribution >= 0.6 is 0 Å². The molecule has 1 saturated heterocycles. The first-order chi connectivity index (χ1) is 16.2. The maximum atomic E-state index is 15.1. The molecule has 1 aromatic heterocycles. The Balaban J connectivity index is 0.000000588. The molecule has 180 valence electrons. The van der Waals surface area contributed by atoms with Crippen molar-refractivity contribution in [3.8, 4) is 5.75 Å². The zero-order valence-electron chi connectivity index (χ0n) is 18.1. The van der Waals surface area contributed by atoms with Crippen molar-refractivity contribution in [2.24, 2.45) is 16.8 Å². The number of aryl methyl sites for hydroxylation is 1. The Hall–Kier alpha value is -3.70. The van der Waals surface area contributed by atoms with Crippen LogP contribution in [0, 0.1) is 18.6 Å². The fourth-order valence-corrected chi connectivity index (χ4v) is 3.15. The summed E-state index contributed by atoms with van der Waals surface area (Å²) in [4.78, 5) is 3.80. The number of rotatable bonds is 7. The Labute approximate surface area is 193 Å². The summed E-state index contributed by atoms with van der Waals surface area (Å²) in [6.07, 6.45) is 2.37. The molecule has 0 saturated carbocycles. The van der Waals surface area contributed by atoms with Crippen molar-refractivity contribution in [1.82, 2.24) is 10.4 Å². The molecule has 4 rings (SSSR count). The van der Waals surface area contributed by atoms with Crippen LogP contribution in [0.1, 0.15) is 22.4 Å². The average Bonchev–Trinajstić information content (AvgIpc) is 3.62. The van der Waals surface area contributed by atoms with Gasteiger partial charge in [-0.15, -0.1) is 0 Å². The minimum atomic E-state index is -3.61. The topological polar surface area (TPSA) is 111 Å². The van der Waals surface area contributed by atoms with Crippen LogP contribution in [0.2, 0.25) is 0 Å². The molecule has 1 atom stereocenters. The number of nitrogens with one attached hydrogen (secondary N) is 1. The molecule has 1 fully saturated rings. The molecule has 3 aromatic rings. The number of aromatic nitrogens is 1. The summed E-state index contributed by atoms with van der Waals surface area (Å²) in [7, 11) is 0. The van der Waals surface area contributed by atoms with Gasteiger partial charge in [0.25, 0.3) is 0 Å². The summed E-state index contributed by atoms with van der Waals surface area (Å²) >= 11 is 0. The number of nitrogens with zero attached hydrogens (tertiary/aromatic N) is 2. The Morgan fingerprint density at radius 2 is 1.88 bits per heavy atom. The summed E-state index contributed by atoms with van der Waals surface area (Å²) < 4.78 is 68.0. The summed E-state index contributed by atoms with van der Waals surface area (Å²) in [5.41, 5.74) is 0.982. The second-order valence-electron chi connectivity index (χ2n) is 7.41. The van der Waals surface area contributed by atoms with E-state index in [-0.39, 0.29) is 6.61 Å². The molecule has 7 nitrogen and oxygen atoms in total. The van der Waals surface area contributed by atoms with Gasteiger partial charge in [0.15, 0.2) is 5.60 Å². The minimum absolute atomic E-state index is 0.269. The normalized spacial score (nSPS) is 17.1. The molecule has 5 N–H and O–H groups in total. The van der Waals surface area contributed by atoms with E-state index in [1.54, 1.807) is 0 Å². The van der Waals surface area contributed by atoms with Gasteiger partial charge < -0.3 is 20.7 Å². The molecule has 0 spiro atoms. The number of halogens is 4. The predicted molar refractivity (Wildman–Crippen MR) is 118 cm³/mol. The van der Waals surface area contributed by atoms with Gasteiger partial charge in [0.05, 0.1) is 12.8 Å². The molecule has 1 aliphatic rings. The van der Waals surface area contributed by atoms with Gasteiger partial charge in [-0.05, 0) is 36.8 Å². The number of alkyl halides is 2. The van der Waals surface area contributed by atoms with Gasteiger partial charge in [0.1, 0.15) is 36.0 Å². The van der Waals surface area contributed by atoms with E-state index >= 15 is 8.78 Å². The second-order valence-corrected chi connectivity index (χ2v) is 7.41. The highest BCUT2D eigenvalue weighted by Gasteiger charge is 2.68. The number of nitrogens with two attached hydrogens (primary N) is 2. The fraction of sp³-hybridized carbons (Fsp3) is 0.217. The predicted octanol–water partition coefficient (Wildman–Crippen LogP) is 3.62. The molecule has 0 bridgehead atoms. The Kier molecular flexibility index (Phi) is 7.69. The van der Waals surface area contributed by atoms with Gasteiger partial charge in [-0.25, -0.2) is 14.6 Å². The highest BCUT2D eigenvalue weighted by atomic mass is 19.3. The number of ether oxygens (including phenoxy) is 2. The first-order valence-corrected chi connectivity index (χ1v) is 10.0. The van der Waals surface area contributed by atoms with Crippen molar-refractivity contribution in [2.75, 3.05) is 6.61 Å². The van der Waals surface area contributed by atoms with Crippen LogP contribution in [0.5, 0.6) is 5.75 Å². The number of hydrogen-bond acceptors (Lipinski definition) is 6. The minimum Gasteiger partial charge on any atom is -0.487 e. The molecular formula is C23H23F4N5O2. The molecule has 1 unspecified atom stereocenters. The Morgan fingerprint density at radius 1 is 1.18 bits per heavy atom. The summed E-state index contributed by atoms with van der Waals surface area (Å²) in [6.45, 7) is 1.85. The third-order valence-electron chi connectivity index (χ3n) is 5.04. The highest BCUT2D eigenvalue weighted by Crippen LogP contribution is 2.56. The lowest BCUT2D eigenvalue weighted by molar-refractivity contribution is -0.0902. The summed E-state index contributed by atoms with van der Waals surface area (Å²) in [6, 6.07) is 12.7. The number of epoxide rings is 1. The molecule has 0 aliphatic carbocycles. The first-order valence-electron chi connectivity index (χ1n) is 10.0. The third kappa shape index (κ3) is 5.43. The zero-order valence-corrected chi connectivity index (χ0v) is 18.1. The smallest absolute Gasteiger partial charge is 0.324 e. The van der Waals surface area contributed by atoms with Gasteiger partial charge >= 0.3 is 5.92 Å². The van der Waals surface area contributed by atoms with Gasteiger partial charge in [-0.1, -0.05) is 29.8 Å². The van der Waals surface area contributed by atoms with Crippen molar-refractivity contribution in [3.63, 3.8) is 0 Å². The maximum Gasteiger partial charge on any atom is 0.324 e. The SMILES string of the molecule is Cc1ccc(COc2ccc(C(F)(F)C3(c4ccc(F)cc4F)CO3)nc2)cc1.N/N=C\NN. The second kappa shape index (κ2) is 10.5. The van der Waals surface area contributed by atoms with Crippen LogP contribution < -0.4 is 21.8 Å². The monoisotopic (exact) mass is 477 g/mol. The largest absolute Gasteiger partial charge is 0.487 e. The fourth-order valence-electron chi connectivity index (χ4n) is 3.15. The highest BCUT2D eigenvalue weighted by molar-refractivity contribution is 5.52. The third-order valence-corrected chi connectivity index (χ3v) is 5.04. The quantitative estimate of drug-likeness (QED) is 0.120. The number of pyridine rings is 1.